The van der Waals surface area contributed by atoms with E-state index in [4.69, 9.17) is 0 Å². The second-order valence-electron chi connectivity index (χ2n) is 6.25. The first-order valence-corrected chi connectivity index (χ1v) is 8.40. The first kappa shape index (κ1) is 23.2. The number of nitrogens with one attached hydrogen (secondary N) is 2. The molecule has 1 heterocycles. The van der Waals surface area contributed by atoms with Crippen molar-refractivity contribution in [3.63, 3.8) is 0 Å². The molecule has 0 saturated carbocycles. The van der Waals surface area contributed by atoms with Gasteiger partial charge in [0, 0.05) is 32.1 Å². The Morgan fingerprint density at radius 2 is 1.88 bits per heavy atom. The zero-order chi connectivity index (χ0) is 15.8. The Morgan fingerprint density at radius 3 is 2.50 bits per heavy atom. The van der Waals surface area contributed by atoms with Crippen LogP contribution in [0.4, 0.5) is 0 Å². The van der Waals surface area contributed by atoms with Gasteiger partial charge in [-0.05, 0) is 50.9 Å². The molecule has 1 saturated heterocycles. The van der Waals surface area contributed by atoms with Gasteiger partial charge in [-0.1, -0.05) is 24.3 Å². The van der Waals surface area contributed by atoms with E-state index in [2.05, 4.69) is 46.7 Å². The fourth-order valence-corrected chi connectivity index (χ4v) is 2.99. The molecule has 1 amide bonds. The van der Waals surface area contributed by atoms with Crippen LogP contribution in [-0.4, -0.2) is 43.5 Å². The van der Waals surface area contributed by atoms with E-state index in [-0.39, 0.29) is 30.7 Å². The topological polar surface area (TPSA) is 44.4 Å². The number of hydrogen-bond acceptors (Lipinski definition) is 3. The first-order chi connectivity index (χ1) is 10.7. The van der Waals surface area contributed by atoms with Gasteiger partial charge >= 0.3 is 0 Å². The van der Waals surface area contributed by atoms with Gasteiger partial charge in [0.2, 0.25) is 5.91 Å². The molecular formula is C18H31Cl2N3O. The quantitative estimate of drug-likeness (QED) is 0.720. The summed E-state index contributed by atoms with van der Waals surface area (Å²) in [4.78, 5) is 14.3. The number of likely N-dealkylation sites (tertiary alicyclic amines) is 1. The largest absolute Gasteiger partial charge is 0.353 e. The van der Waals surface area contributed by atoms with Crippen molar-refractivity contribution in [1.29, 1.82) is 0 Å². The van der Waals surface area contributed by atoms with E-state index in [0.717, 1.165) is 45.4 Å². The number of rotatable bonds is 7. The van der Waals surface area contributed by atoms with Crippen LogP contribution in [0.25, 0.3) is 0 Å². The molecule has 0 aliphatic carbocycles. The number of carbonyl (C=O) groups is 1. The molecule has 1 aromatic rings. The normalized spacial score (nSPS) is 15.2. The second-order valence-corrected chi connectivity index (χ2v) is 6.25. The third-order valence-electron chi connectivity index (χ3n) is 4.44. The summed E-state index contributed by atoms with van der Waals surface area (Å²) in [6.45, 7) is 6.23. The summed E-state index contributed by atoms with van der Waals surface area (Å²) in [6.07, 6.45) is 3.66. The highest BCUT2D eigenvalue weighted by atomic mass is 35.5. The lowest BCUT2D eigenvalue weighted by Gasteiger charge is -2.32. The Balaban J connectivity index is 0.00000264. The lowest BCUT2D eigenvalue weighted by molar-refractivity contribution is -0.122. The Hall–Kier alpha value is -0.810. The van der Waals surface area contributed by atoms with Gasteiger partial charge in [-0.3, -0.25) is 9.69 Å². The van der Waals surface area contributed by atoms with E-state index in [0.29, 0.717) is 12.5 Å². The highest BCUT2D eigenvalue weighted by Gasteiger charge is 2.20. The standard InChI is InChI=1S/C18H29N3O.2ClH/c1-15-6-3-4-7-16(15)14-21-12-9-17(10-13-21)20-18(22)8-5-11-19-2;;/h3-4,6-7,17,19H,5,8-14H2,1-2H3,(H,20,22);2*1H. The number of amides is 1. The zero-order valence-corrected chi connectivity index (χ0v) is 16.3. The maximum Gasteiger partial charge on any atom is 0.220 e. The van der Waals surface area contributed by atoms with Crippen LogP contribution in [0.2, 0.25) is 0 Å². The van der Waals surface area contributed by atoms with E-state index in [9.17, 15) is 4.79 Å². The highest BCUT2D eigenvalue weighted by Crippen LogP contribution is 2.16. The first-order valence-electron chi connectivity index (χ1n) is 8.40. The molecule has 0 spiro atoms. The fraction of sp³-hybridized carbons (Fsp3) is 0.611. The maximum absolute atomic E-state index is 11.9. The average molecular weight is 376 g/mol. The van der Waals surface area contributed by atoms with Crippen molar-refractivity contribution in [2.75, 3.05) is 26.7 Å². The predicted octanol–water partition coefficient (Wildman–Crippen LogP) is 2.92. The Kier molecular flexibility index (Phi) is 12.1. The molecule has 0 bridgehead atoms. The highest BCUT2D eigenvalue weighted by molar-refractivity contribution is 5.85. The van der Waals surface area contributed by atoms with Gasteiger partial charge in [-0.15, -0.1) is 24.8 Å². The Morgan fingerprint density at radius 1 is 1.21 bits per heavy atom. The molecule has 0 atom stereocenters. The van der Waals surface area contributed by atoms with Crippen molar-refractivity contribution in [2.24, 2.45) is 0 Å². The van der Waals surface area contributed by atoms with Crippen LogP contribution >= 0.6 is 24.8 Å². The van der Waals surface area contributed by atoms with Crippen LogP contribution in [0, 0.1) is 6.92 Å². The number of hydrogen-bond donors (Lipinski definition) is 2. The minimum atomic E-state index is 0. The van der Waals surface area contributed by atoms with Gasteiger partial charge in [-0.2, -0.15) is 0 Å². The van der Waals surface area contributed by atoms with E-state index < -0.39 is 0 Å². The van der Waals surface area contributed by atoms with Crippen molar-refractivity contribution in [3.8, 4) is 0 Å². The summed E-state index contributed by atoms with van der Waals surface area (Å²) in [5.74, 6) is 0.201. The monoisotopic (exact) mass is 375 g/mol. The summed E-state index contributed by atoms with van der Waals surface area (Å²) in [6, 6.07) is 8.95. The van der Waals surface area contributed by atoms with Gasteiger partial charge in [0.15, 0.2) is 0 Å². The molecule has 1 aliphatic rings. The SMILES string of the molecule is CNCCCC(=O)NC1CCN(Cc2ccccc2C)CC1.Cl.Cl. The summed E-state index contributed by atoms with van der Waals surface area (Å²) in [7, 11) is 1.92. The van der Waals surface area contributed by atoms with Crippen LogP contribution in [-0.2, 0) is 11.3 Å². The summed E-state index contributed by atoms with van der Waals surface area (Å²) in [5, 5.41) is 6.25. The number of piperidine rings is 1. The molecule has 2 N–H and O–H groups in total. The van der Waals surface area contributed by atoms with Crippen LogP contribution in [0.5, 0.6) is 0 Å². The van der Waals surface area contributed by atoms with Crippen molar-refractivity contribution >= 4 is 30.7 Å². The second kappa shape index (κ2) is 12.5. The number of benzene rings is 1. The molecule has 0 aromatic heterocycles. The predicted molar refractivity (Wildman–Crippen MR) is 105 cm³/mol. The number of aryl methyl sites for hydroxylation is 1. The molecule has 0 unspecified atom stereocenters. The molecule has 0 radical (unpaired) electrons. The van der Waals surface area contributed by atoms with Gasteiger partial charge in [0.05, 0.1) is 0 Å². The maximum atomic E-state index is 11.9. The van der Waals surface area contributed by atoms with Gasteiger partial charge in [-0.25, -0.2) is 0 Å². The van der Waals surface area contributed by atoms with Crippen LogP contribution < -0.4 is 10.6 Å². The molecule has 1 aliphatic heterocycles. The van der Waals surface area contributed by atoms with Crippen molar-refractivity contribution < 1.29 is 4.79 Å². The number of nitrogens with zero attached hydrogens (tertiary/aromatic N) is 1. The summed E-state index contributed by atoms with van der Waals surface area (Å²) in [5.41, 5.74) is 2.78. The van der Waals surface area contributed by atoms with Crippen molar-refractivity contribution in [3.05, 3.63) is 35.4 Å². The Bertz CT molecular complexity index is 477. The average Bonchev–Trinajstić information content (AvgIpc) is 2.52. The lowest BCUT2D eigenvalue weighted by Crippen LogP contribution is -2.44. The van der Waals surface area contributed by atoms with Crippen molar-refractivity contribution in [1.82, 2.24) is 15.5 Å². The van der Waals surface area contributed by atoms with E-state index >= 15 is 0 Å². The van der Waals surface area contributed by atoms with E-state index in [1.165, 1.54) is 11.1 Å². The van der Waals surface area contributed by atoms with Crippen LogP contribution in [0.15, 0.2) is 24.3 Å². The summed E-state index contributed by atoms with van der Waals surface area (Å²) >= 11 is 0. The number of carbonyl (C=O) groups excluding carboxylic acids is 1. The third-order valence-corrected chi connectivity index (χ3v) is 4.44. The smallest absolute Gasteiger partial charge is 0.220 e. The van der Waals surface area contributed by atoms with Gasteiger partial charge < -0.3 is 10.6 Å². The van der Waals surface area contributed by atoms with Crippen molar-refractivity contribution in [2.45, 2.75) is 45.2 Å². The van der Waals surface area contributed by atoms with Gasteiger partial charge in [0.25, 0.3) is 0 Å². The minimum Gasteiger partial charge on any atom is -0.353 e. The molecule has 24 heavy (non-hydrogen) atoms. The number of halogens is 2. The van der Waals surface area contributed by atoms with E-state index in [1.807, 2.05) is 7.05 Å². The lowest BCUT2D eigenvalue weighted by atomic mass is 10.0. The molecule has 1 fully saturated rings. The molecule has 1 aromatic carbocycles. The van der Waals surface area contributed by atoms with Crippen LogP contribution in [0.1, 0.15) is 36.8 Å². The summed E-state index contributed by atoms with van der Waals surface area (Å²) < 4.78 is 0. The van der Waals surface area contributed by atoms with E-state index in [1.54, 1.807) is 0 Å². The molecule has 6 heteroatoms. The molecule has 2 rings (SSSR count). The Labute approximate surface area is 158 Å². The fourth-order valence-electron chi connectivity index (χ4n) is 2.99. The molecule has 4 nitrogen and oxygen atoms in total. The van der Waals surface area contributed by atoms with Crippen LogP contribution in [0.3, 0.4) is 0 Å². The third kappa shape index (κ3) is 7.84. The minimum absolute atomic E-state index is 0. The van der Waals surface area contributed by atoms with Gasteiger partial charge in [0.1, 0.15) is 0 Å². The molecule has 138 valence electrons. The zero-order valence-electron chi connectivity index (χ0n) is 14.7. The molecular weight excluding hydrogens is 345 g/mol.